The molecule has 1 spiro atoms. The summed E-state index contributed by atoms with van der Waals surface area (Å²) in [6.45, 7) is 7.51. The number of hydrogen-bond donors (Lipinski definition) is 0. The molecule has 0 N–H and O–H groups in total. The predicted octanol–water partition coefficient (Wildman–Crippen LogP) is 2.16. The standard InChI is InChI=1S/C16H26N4O2S/c1-12(2)20-7-4-5-16(15(20)21)6-8-19(11-16)9-14-17-13(10-23-3)18-22-14/h12H,4-11H2,1-3H3. The fraction of sp³-hybridized carbons (Fsp3) is 0.812. The average Bonchev–Trinajstić information content (AvgIpc) is 3.11. The van der Waals surface area contributed by atoms with Crippen LogP contribution in [0.1, 0.15) is 44.8 Å². The topological polar surface area (TPSA) is 62.5 Å². The molecular formula is C16H26N4O2S. The predicted molar refractivity (Wildman–Crippen MR) is 89.9 cm³/mol. The zero-order valence-corrected chi connectivity index (χ0v) is 15.1. The minimum Gasteiger partial charge on any atom is -0.340 e. The summed E-state index contributed by atoms with van der Waals surface area (Å²) in [5.74, 6) is 2.53. The van der Waals surface area contributed by atoms with Crippen LogP contribution >= 0.6 is 11.8 Å². The van der Waals surface area contributed by atoms with Gasteiger partial charge >= 0.3 is 0 Å². The van der Waals surface area contributed by atoms with E-state index in [1.54, 1.807) is 11.8 Å². The molecule has 6 nitrogen and oxygen atoms in total. The van der Waals surface area contributed by atoms with E-state index in [2.05, 4.69) is 33.8 Å². The summed E-state index contributed by atoms with van der Waals surface area (Å²) < 4.78 is 5.33. The maximum atomic E-state index is 12.9. The fourth-order valence-electron chi connectivity index (χ4n) is 3.80. The lowest BCUT2D eigenvalue weighted by atomic mass is 9.78. The summed E-state index contributed by atoms with van der Waals surface area (Å²) in [6, 6.07) is 0.291. The summed E-state index contributed by atoms with van der Waals surface area (Å²) in [5, 5.41) is 3.99. The van der Waals surface area contributed by atoms with Gasteiger partial charge in [0.15, 0.2) is 5.82 Å². The van der Waals surface area contributed by atoms with Crippen molar-refractivity contribution in [1.82, 2.24) is 19.9 Å². The second kappa shape index (κ2) is 6.81. The van der Waals surface area contributed by atoms with Crippen molar-refractivity contribution in [2.75, 3.05) is 25.9 Å². The van der Waals surface area contributed by atoms with Crippen molar-refractivity contribution in [2.24, 2.45) is 5.41 Å². The monoisotopic (exact) mass is 338 g/mol. The van der Waals surface area contributed by atoms with E-state index in [-0.39, 0.29) is 5.41 Å². The summed E-state index contributed by atoms with van der Waals surface area (Å²) in [5.41, 5.74) is -0.190. The molecule has 1 aromatic rings. The number of carbonyl (C=O) groups is 1. The number of piperidine rings is 1. The van der Waals surface area contributed by atoms with Crippen LogP contribution in [-0.2, 0) is 17.1 Å². The Bertz CT molecular complexity index is 562. The largest absolute Gasteiger partial charge is 0.340 e. The van der Waals surface area contributed by atoms with E-state index < -0.39 is 0 Å². The molecule has 2 aliphatic heterocycles. The number of aromatic nitrogens is 2. The van der Waals surface area contributed by atoms with Gasteiger partial charge in [-0.3, -0.25) is 9.69 Å². The highest BCUT2D eigenvalue weighted by Crippen LogP contribution is 2.40. The number of thioether (sulfide) groups is 1. The van der Waals surface area contributed by atoms with Gasteiger partial charge in [0.2, 0.25) is 11.8 Å². The normalized spacial score (nSPS) is 25.9. The van der Waals surface area contributed by atoms with Crippen LogP contribution in [0.25, 0.3) is 0 Å². The number of rotatable bonds is 5. The van der Waals surface area contributed by atoms with Gasteiger partial charge in [0.1, 0.15) is 0 Å². The smallest absolute Gasteiger partial charge is 0.240 e. The Morgan fingerprint density at radius 2 is 2.17 bits per heavy atom. The van der Waals surface area contributed by atoms with Crippen LogP contribution in [0.3, 0.4) is 0 Å². The number of likely N-dealkylation sites (tertiary alicyclic amines) is 2. The van der Waals surface area contributed by atoms with Crippen LogP contribution in [0.4, 0.5) is 0 Å². The van der Waals surface area contributed by atoms with Gasteiger partial charge in [0.25, 0.3) is 0 Å². The Balaban J connectivity index is 1.64. The zero-order chi connectivity index (χ0) is 16.4. The Hall–Kier alpha value is -1.08. The Morgan fingerprint density at radius 1 is 1.35 bits per heavy atom. The molecule has 3 rings (SSSR count). The Labute approximate surface area is 142 Å². The van der Waals surface area contributed by atoms with E-state index in [0.717, 1.165) is 50.5 Å². The van der Waals surface area contributed by atoms with E-state index in [1.807, 2.05) is 6.26 Å². The van der Waals surface area contributed by atoms with Crippen LogP contribution in [0.2, 0.25) is 0 Å². The first-order valence-corrected chi connectivity index (χ1v) is 9.77. The SMILES string of the molecule is CSCc1noc(CN2CCC3(CCCN(C(C)C)C3=O)C2)n1. The van der Waals surface area contributed by atoms with Crippen molar-refractivity contribution in [3.05, 3.63) is 11.7 Å². The van der Waals surface area contributed by atoms with Crippen LogP contribution in [0, 0.1) is 5.41 Å². The van der Waals surface area contributed by atoms with Gasteiger partial charge < -0.3 is 9.42 Å². The third-order valence-corrected chi connectivity index (χ3v) is 5.51. The lowest BCUT2D eigenvalue weighted by Gasteiger charge is -2.41. The van der Waals surface area contributed by atoms with Crippen molar-refractivity contribution in [3.63, 3.8) is 0 Å². The van der Waals surface area contributed by atoms with Crippen molar-refractivity contribution in [3.8, 4) is 0 Å². The maximum Gasteiger partial charge on any atom is 0.240 e. The zero-order valence-electron chi connectivity index (χ0n) is 14.2. The molecule has 1 aromatic heterocycles. The van der Waals surface area contributed by atoms with Crippen LogP contribution < -0.4 is 0 Å². The molecule has 2 aliphatic rings. The van der Waals surface area contributed by atoms with Crippen LogP contribution in [0.15, 0.2) is 4.52 Å². The highest BCUT2D eigenvalue weighted by molar-refractivity contribution is 7.97. The number of hydrogen-bond acceptors (Lipinski definition) is 6. The second-order valence-corrected chi connectivity index (χ2v) is 7.84. The van der Waals surface area contributed by atoms with Gasteiger partial charge in [-0.25, -0.2) is 0 Å². The highest BCUT2D eigenvalue weighted by Gasteiger charge is 2.48. The van der Waals surface area contributed by atoms with Crippen molar-refractivity contribution in [1.29, 1.82) is 0 Å². The molecule has 0 bridgehead atoms. The molecule has 23 heavy (non-hydrogen) atoms. The Kier molecular flexibility index (Phi) is 4.96. The molecular weight excluding hydrogens is 312 g/mol. The van der Waals surface area contributed by atoms with Gasteiger partial charge in [-0.15, -0.1) is 0 Å². The molecule has 1 amide bonds. The number of nitrogens with zero attached hydrogens (tertiary/aromatic N) is 4. The average molecular weight is 338 g/mol. The molecule has 128 valence electrons. The lowest BCUT2D eigenvalue weighted by molar-refractivity contribution is -0.147. The quantitative estimate of drug-likeness (QED) is 0.820. The molecule has 0 radical (unpaired) electrons. The third kappa shape index (κ3) is 3.40. The van der Waals surface area contributed by atoms with Crippen molar-refractivity contribution < 1.29 is 9.32 Å². The van der Waals surface area contributed by atoms with Gasteiger partial charge in [-0.2, -0.15) is 16.7 Å². The van der Waals surface area contributed by atoms with E-state index in [0.29, 0.717) is 24.4 Å². The first kappa shape index (κ1) is 16.8. The summed E-state index contributed by atoms with van der Waals surface area (Å²) in [4.78, 5) is 21.7. The van der Waals surface area contributed by atoms with Crippen molar-refractivity contribution in [2.45, 2.75) is 51.4 Å². The Morgan fingerprint density at radius 3 is 2.91 bits per heavy atom. The van der Waals surface area contributed by atoms with Crippen LogP contribution in [-0.4, -0.2) is 57.8 Å². The molecule has 2 saturated heterocycles. The maximum absolute atomic E-state index is 12.9. The molecule has 1 unspecified atom stereocenters. The third-order valence-electron chi connectivity index (χ3n) is 4.97. The molecule has 2 fully saturated rings. The van der Waals surface area contributed by atoms with E-state index >= 15 is 0 Å². The van der Waals surface area contributed by atoms with Crippen molar-refractivity contribution >= 4 is 17.7 Å². The van der Waals surface area contributed by atoms with Gasteiger partial charge in [0, 0.05) is 19.1 Å². The minimum absolute atomic E-state index is 0.190. The summed E-state index contributed by atoms with van der Waals surface area (Å²) in [6.07, 6.45) is 5.08. The number of amides is 1. The molecule has 7 heteroatoms. The minimum atomic E-state index is -0.190. The summed E-state index contributed by atoms with van der Waals surface area (Å²) >= 11 is 1.68. The van der Waals surface area contributed by atoms with E-state index in [1.165, 1.54) is 0 Å². The summed E-state index contributed by atoms with van der Waals surface area (Å²) in [7, 11) is 0. The highest BCUT2D eigenvalue weighted by atomic mass is 32.2. The van der Waals surface area contributed by atoms with E-state index in [4.69, 9.17) is 4.52 Å². The first-order chi connectivity index (χ1) is 11.0. The van der Waals surface area contributed by atoms with Crippen LogP contribution in [0.5, 0.6) is 0 Å². The lowest BCUT2D eigenvalue weighted by Crippen LogP contribution is -2.52. The fourth-order valence-corrected chi connectivity index (χ4v) is 4.17. The van der Waals surface area contributed by atoms with Gasteiger partial charge in [-0.05, 0) is 45.9 Å². The molecule has 0 aromatic carbocycles. The van der Waals surface area contributed by atoms with Gasteiger partial charge in [-0.1, -0.05) is 5.16 Å². The number of carbonyl (C=O) groups excluding carboxylic acids is 1. The molecule has 0 aliphatic carbocycles. The second-order valence-electron chi connectivity index (χ2n) is 6.97. The molecule has 3 heterocycles. The van der Waals surface area contributed by atoms with E-state index in [9.17, 15) is 4.79 Å². The first-order valence-electron chi connectivity index (χ1n) is 8.38. The van der Waals surface area contributed by atoms with Gasteiger partial charge in [0.05, 0.1) is 17.7 Å². The molecule has 0 saturated carbocycles. The molecule has 1 atom stereocenters.